The predicted molar refractivity (Wildman–Crippen MR) is 76.6 cm³/mol. The summed E-state index contributed by atoms with van der Waals surface area (Å²) in [6.07, 6.45) is 5.57. The van der Waals surface area contributed by atoms with Gasteiger partial charge in [0, 0.05) is 20.6 Å². The molecule has 0 bridgehead atoms. The van der Waals surface area contributed by atoms with Crippen molar-refractivity contribution in [1.29, 1.82) is 0 Å². The van der Waals surface area contributed by atoms with Gasteiger partial charge in [-0.1, -0.05) is 0 Å². The maximum atomic E-state index is 5.93. The summed E-state index contributed by atoms with van der Waals surface area (Å²) in [4.78, 5) is 14.4. The van der Waals surface area contributed by atoms with Crippen LogP contribution in [-0.4, -0.2) is 35.6 Å². The first kappa shape index (κ1) is 12.9. The zero-order chi connectivity index (χ0) is 13.4. The minimum Gasteiger partial charge on any atom is -0.354 e. The van der Waals surface area contributed by atoms with Crippen molar-refractivity contribution in [2.75, 3.05) is 30.9 Å². The van der Waals surface area contributed by atoms with Gasteiger partial charge in [0.05, 0.1) is 0 Å². The van der Waals surface area contributed by atoms with Crippen LogP contribution in [-0.2, 0) is 0 Å². The monoisotopic (exact) mass is 281 g/mol. The number of nitrogens with one attached hydrogen (secondary N) is 1. The van der Waals surface area contributed by atoms with Gasteiger partial charge >= 0.3 is 0 Å². The molecule has 104 valence electrons. The summed E-state index contributed by atoms with van der Waals surface area (Å²) in [5, 5.41) is 3.60. The van der Waals surface area contributed by atoms with E-state index in [1.807, 2.05) is 19.0 Å². The molecule has 0 amide bonds. The number of halogens is 1. The lowest BCUT2D eigenvalue weighted by Gasteiger charge is -2.17. The van der Waals surface area contributed by atoms with E-state index in [0.29, 0.717) is 11.9 Å². The summed E-state index contributed by atoms with van der Waals surface area (Å²) in [6, 6.07) is 0. The van der Waals surface area contributed by atoms with Crippen LogP contribution in [0.5, 0.6) is 0 Å². The first-order valence-electron chi connectivity index (χ1n) is 6.96. The summed E-state index contributed by atoms with van der Waals surface area (Å²) < 4.78 is 0. The first-order chi connectivity index (χ1) is 9.13. The van der Waals surface area contributed by atoms with Crippen LogP contribution in [0, 0.1) is 17.8 Å². The van der Waals surface area contributed by atoms with Crippen molar-refractivity contribution < 1.29 is 0 Å². The van der Waals surface area contributed by atoms with E-state index in [2.05, 4.69) is 20.3 Å². The summed E-state index contributed by atoms with van der Waals surface area (Å²) >= 11 is 5.93. The molecule has 2 aliphatic carbocycles. The van der Waals surface area contributed by atoms with Crippen LogP contribution in [0.1, 0.15) is 25.7 Å². The second kappa shape index (κ2) is 5.12. The Kier molecular flexibility index (Phi) is 3.48. The average Bonchev–Trinajstić information content (AvgIpc) is 3.23. The summed E-state index contributed by atoms with van der Waals surface area (Å²) in [5.74, 6) is 3.82. The van der Waals surface area contributed by atoms with E-state index in [-0.39, 0.29) is 5.28 Å². The number of aromatic nitrogens is 3. The van der Waals surface area contributed by atoms with E-state index in [1.165, 1.54) is 25.7 Å². The molecule has 0 aliphatic heterocycles. The molecule has 0 saturated heterocycles. The standard InChI is InChI=1S/C13H20ClN5/c1-19(2)13-17-11(14)16-12(18-13)15-7-10(8-3-4-8)9-5-6-9/h8-10H,3-7H2,1-2H3,(H,15,16,17,18). The molecule has 0 aromatic carbocycles. The summed E-state index contributed by atoms with van der Waals surface area (Å²) in [7, 11) is 3.79. The highest BCUT2D eigenvalue weighted by atomic mass is 35.5. The second-order valence-corrected chi connectivity index (χ2v) is 6.18. The van der Waals surface area contributed by atoms with Gasteiger partial charge in [-0.25, -0.2) is 0 Å². The highest BCUT2D eigenvalue weighted by Crippen LogP contribution is 2.49. The van der Waals surface area contributed by atoms with Gasteiger partial charge in [0.25, 0.3) is 0 Å². The van der Waals surface area contributed by atoms with Gasteiger partial charge in [0.2, 0.25) is 17.2 Å². The minimum absolute atomic E-state index is 0.246. The van der Waals surface area contributed by atoms with Gasteiger partial charge in [-0.3, -0.25) is 0 Å². The highest BCUT2D eigenvalue weighted by molar-refractivity contribution is 6.28. The Bertz CT molecular complexity index is 444. The Morgan fingerprint density at radius 2 is 1.79 bits per heavy atom. The van der Waals surface area contributed by atoms with Crippen LogP contribution < -0.4 is 10.2 Å². The second-order valence-electron chi connectivity index (χ2n) is 5.84. The van der Waals surface area contributed by atoms with E-state index < -0.39 is 0 Å². The average molecular weight is 282 g/mol. The zero-order valence-electron chi connectivity index (χ0n) is 11.4. The number of hydrogen-bond acceptors (Lipinski definition) is 5. The molecular formula is C13H20ClN5. The van der Waals surface area contributed by atoms with Crippen molar-refractivity contribution in [3.63, 3.8) is 0 Å². The van der Waals surface area contributed by atoms with Gasteiger partial charge in [0.15, 0.2) is 0 Å². The van der Waals surface area contributed by atoms with Crippen molar-refractivity contribution in [2.45, 2.75) is 25.7 Å². The van der Waals surface area contributed by atoms with Crippen LogP contribution in [0.4, 0.5) is 11.9 Å². The molecule has 0 spiro atoms. The molecule has 2 aliphatic rings. The SMILES string of the molecule is CN(C)c1nc(Cl)nc(NCC(C2CC2)C2CC2)n1. The molecule has 0 atom stereocenters. The van der Waals surface area contributed by atoms with Crippen LogP contribution >= 0.6 is 11.6 Å². The Morgan fingerprint density at radius 1 is 1.16 bits per heavy atom. The van der Waals surface area contributed by atoms with Crippen molar-refractivity contribution in [3.8, 4) is 0 Å². The number of hydrogen-bond donors (Lipinski definition) is 1. The molecule has 1 N–H and O–H groups in total. The Hall–Kier alpha value is -1.10. The fourth-order valence-corrected chi connectivity index (χ4v) is 2.75. The number of nitrogens with zero attached hydrogens (tertiary/aromatic N) is 4. The molecular weight excluding hydrogens is 262 g/mol. The van der Waals surface area contributed by atoms with Crippen molar-refractivity contribution in [1.82, 2.24) is 15.0 Å². The van der Waals surface area contributed by atoms with Gasteiger partial charge in [-0.15, -0.1) is 0 Å². The van der Waals surface area contributed by atoms with E-state index in [4.69, 9.17) is 11.6 Å². The maximum absolute atomic E-state index is 5.93. The van der Waals surface area contributed by atoms with E-state index in [9.17, 15) is 0 Å². The molecule has 0 unspecified atom stereocenters. The molecule has 3 rings (SSSR count). The van der Waals surface area contributed by atoms with Crippen molar-refractivity contribution >= 4 is 23.5 Å². The number of rotatable bonds is 6. The molecule has 1 aromatic rings. The van der Waals surface area contributed by atoms with Crippen LogP contribution in [0.2, 0.25) is 5.28 Å². The van der Waals surface area contributed by atoms with E-state index >= 15 is 0 Å². The molecule has 6 heteroatoms. The lowest BCUT2D eigenvalue weighted by atomic mass is 9.98. The molecule has 2 fully saturated rings. The Labute approximate surface area is 118 Å². The van der Waals surface area contributed by atoms with Crippen molar-refractivity contribution in [3.05, 3.63) is 5.28 Å². The van der Waals surface area contributed by atoms with Gasteiger partial charge < -0.3 is 10.2 Å². The molecule has 5 nitrogen and oxygen atoms in total. The van der Waals surface area contributed by atoms with Crippen molar-refractivity contribution in [2.24, 2.45) is 17.8 Å². The fourth-order valence-electron chi connectivity index (χ4n) is 2.59. The lowest BCUT2D eigenvalue weighted by molar-refractivity contribution is 0.427. The molecule has 2 saturated carbocycles. The molecule has 1 aromatic heterocycles. The van der Waals surface area contributed by atoms with Crippen LogP contribution in [0.15, 0.2) is 0 Å². The third-order valence-electron chi connectivity index (χ3n) is 3.95. The lowest BCUT2D eigenvalue weighted by Crippen LogP contribution is -2.21. The van der Waals surface area contributed by atoms with Crippen LogP contribution in [0.3, 0.4) is 0 Å². The van der Waals surface area contributed by atoms with E-state index in [1.54, 1.807) is 0 Å². The summed E-state index contributed by atoms with van der Waals surface area (Å²) in [5.41, 5.74) is 0. The van der Waals surface area contributed by atoms with Gasteiger partial charge in [-0.05, 0) is 55.0 Å². The van der Waals surface area contributed by atoms with Crippen LogP contribution in [0.25, 0.3) is 0 Å². The first-order valence-corrected chi connectivity index (χ1v) is 7.34. The minimum atomic E-state index is 0.246. The van der Waals surface area contributed by atoms with Gasteiger partial charge in [-0.2, -0.15) is 15.0 Å². The smallest absolute Gasteiger partial charge is 0.230 e. The highest BCUT2D eigenvalue weighted by Gasteiger charge is 2.41. The Balaban J connectivity index is 1.65. The van der Waals surface area contributed by atoms with E-state index in [0.717, 1.165) is 24.3 Å². The maximum Gasteiger partial charge on any atom is 0.230 e. The normalized spacial score (nSPS) is 18.7. The zero-order valence-corrected chi connectivity index (χ0v) is 12.2. The Morgan fingerprint density at radius 3 is 2.32 bits per heavy atom. The predicted octanol–water partition coefficient (Wildman–Crippen LogP) is 2.44. The van der Waals surface area contributed by atoms with Gasteiger partial charge in [0.1, 0.15) is 0 Å². The third kappa shape index (κ3) is 3.26. The third-order valence-corrected chi connectivity index (χ3v) is 4.12. The molecule has 19 heavy (non-hydrogen) atoms. The topological polar surface area (TPSA) is 53.9 Å². The molecule has 1 heterocycles. The fraction of sp³-hybridized carbons (Fsp3) is 0.769. The largest absolute Gasteiger partial charge is 0.354 e. The quantitative estimate of drug-likeness (QED) is 0.868. The summed E-state index contributed by atoms with van der Waals surface area (Å²) in [6.45, 7) is 0.961. The molecule has 0 radical (unpaired) electrons. The number of anilines is 2.